The largest absolute Gasteiger partial charge is 0.340 e. The predicted molar refractivity (Wildman–Crippen MR) is 130 cm³/mol. The second-order valence-electron chi connectivity index (χ2n) is 8.80. The fourth-order valence-electron chi connectivity index (χ4n) is 4.19. The van der Waals surface area contributed by atoms with E-state index in [2.05, 4.69) is 10.4 Å². The topological polar surface area (TPSA) is 70.5 Å². The molecule has 2 aromatic carbocycles. The van der Waals surface area contributed by atoms with Gasteiger partial charge in [-0.25, -0.2) is 9.07 Å². The molecule has 2 heterocycles. The van der Waals surface area contributed by atoms with E-state index < -0.39 is 0 Å². The molecule has 0 spiro atoms. The molecule has 2 amide bonds. The van der Waals surface area contributed by atoms with E-state index in [1.54, 1.807) is 17.0 Å². The van der Waals surface area contributed by atoms with E-state index >= 15 is 0 Å². The molecular weight excluding hydrogens is 433 g/mol. The van der Waals surface area contributed by atoms with E-state index in [4.69, 9.17) is 0 Å². The van der Waals surface area contributed by atoms with Crippen molar-refractivity contribution in [2.75, 3.05) is 38.0 Å². The van der Waals surface area contributed by atoms with E-state index in [-0.39, 0.29) is 30.6 Å². The lowest BCUT2D eigenvalue weighted by Gasteiger charge is -2.34. The average molecular weight is 464 g/mol. The summed E-state index contributed by atoms with van der Waals surface area (Å²) < 4.78 is 14.9. The van der Waals surface area contributed by atoms with Crippen LogP contribution in [0.3, 0.4) is 0 Å². The number of aromatic nitrogens is 2. The third kappa shape index (κ3) is 5.51. The summed E-state index contributed by atoms with van der Waals surface area (Å²) in [7, 11) is 0. The van der Waals surface area contributed by atoms with Crippen LogP contribution in [0.4, 0.5) is 10.1 Å². The summed E-state index contributed by atoms with van der Waals surface area (Å²) in [5.41, 5.74) is 5.31. The Morgan fingerprint density at radius 3 is 2.24 bits per heavy atom. The lowest BCUT2D eigenvalue weighted by Crippen LogP contribution is -2.50. The number of carbonyl (C=O) groups is 2. The smallest absolute Gasteiger partial charge is 0.238 e. The Labute approximate surface area is 199 Å². The van der Waals surface area contributed by atoms with Crippen LogP contribution in [0.15, 0.2) is 48.5 Å². The number of hydrogen-bond donors (Lipinski definition) is 1. The number of piperazine rings is 1. The molecule has 1 N–H and O–H groups in total. The van der Waals surface area contributed by atoms with E-state index in [0.29, 0.717) is 26.2 Å². The maximum Gasteiger partial charge on any atom is 0.238 e. The lowest BCUT2D eigenvalue weighted by molar-refractivity contribution is -0.132. The molecule has 34 heavy (non-hydrogen) atoms. The molecule has 1 aromatic heterocycles. The number of carbonyl (C=O) groups excluding carboxylic acids is 2. The van der Waals surface area contributed by atoms with Crippen molar-refractivity contribution in [3.8, 4) is 5.69 Å². The third-order valence-electron chi connectivity index (χ3n) is 6.20. The number of anilines is 1. The maximum absolute atomic E-state index is 13.1. The van der Waals surface area contributed by atoms with Crippen molar-refractivity contribution in [3.05, 3.63) is 76.9 Å². The highest BCUT2D eigenvalue weighted by atomic mass is 19.1. The fourth-order valence-corrected chi connectivity index (χ4v) is 4.19. The van der Waals surface area contributed by atoms with Crippen LogP contribution < -0.4 is 5.32 Å². The Morgan fingerprint density at radius 2 is 1.59 bits per heavy atom. The summed E-state index contributed by atoms with van der Waals surface area (Å²) in [6, 6.07) is 14.1. The summed E-state index contributed by atoms with van der Waals surface area (Å²) in [4.78, 5) is 29.2. The SMILES string of the molecule is Cc1ccc(-n2nc(C)c(NC(=O)CN3CCN(C(=O)Cc4ccc(F)cc4)CC3)c2C)cc1. The van der Waals surface area contributed by atoms with Crippen LogP contribution in [0.5, 0.6) is 0 Å². The van der Waals surface area contributed by atoms with Gasteiger partial charge in [-0.15, -0.1) is 0 Å². The van der Waals surface area contributed by atoms with Crippen LogP contribution in [-0.2, 0) is 16.0 Å². The van der Waals surface area contributed by atoms with Gasteiger partial charge in [0.1, 0.15) is 5.82 Å². The van der Waals surface area contributed by atoms with Crippen LogP contribution >= 0.6 is 0 Å². The summed E-state index contributed by atoms with van der Waals surface area (Å²) in [5, 5.41) is 7.63. The second-order valence-corrected chi connectivity index (χ2v) is 8.80. The number of benzene rings is 2. The molecule has 0 radical (unpaired) electrons. The zero-order valence-corrected chi connectivity index (χ0v) is 19.8. The minimum Gasteiger partial charge on any atom is -0.340 e. The predicted octanol–water partition coefficient (Wildman–Crippen LogP) is 3.26. The van der Waals surface area contributed by atoms with Crippen molar-refractivity contribution in [2.45, 2.75) is 27.2 Å². The number of halogens is 1. The number of hydrogen-bond acceptors (Lipinski definition) is 4. The first kappa shape index (κ1) is 23.6. The number of aryl methyl sites for hydroxylation is 2. The lowest BCUT2D eigenvalue weighted by atomic mass is 10.1. The van der Waals surface area contributed by atoms with E-state index in [1.165, 1.54) is 17.7 Å². The summed E-state index contributed by atoms with van der Waals surface area (Å²) >= 11 is 0. The Morgan fingerprint density at radius 1 is 0.941 bits per heavy atom. The van der Waals surface area contributed by atoms with Crippen LogP contribution in [0.25, 0.3) is 5.69 Å². The number of nitrogens with zero attached hydrogens (tertiary/aromatic N) is 4. The Hall–Kier alpha value is -3.52. The standard InChI is InChI=1S/C26H30FN5O2/c1-18-4-10-23(11-5-18)32-20(3)26(19(2)29-32)28-24(33)17-30-12-14-31(15-13-30)25(34)16-21-6-8-22(27)9-7-21/h4-11H,12-17H2,1-3H3,(H,28,33). The average Bonchev–Trinajstić information content (AvgIpc) is 3.09. The van der Waals surface area contributed by atoms with Gasteiger partial charge in [0.2, 0.25) is 11.8 Å². The first-order valence-electron chi connectivity index (χ1n) is 11.5. The van der Waals surface area contributed by atoms with Gasteiger partial charge in [0.25, 0.3) is 0 Å². The van der Waals surface area contributed by atoms with Crippen molar-refractivity contribution < 1.29 is 14.0 Å². The number of amides is 2. The molecule has 1 saturated heterocycles. The summed E-state index contributed by atoms with van der Waals surface area (Å²) in [6.07, 6.45) is 0.254. The molecule has 7 nitrogen and oxygen atoms in total. The number of rotatable bonds is 6. The maximum atomic E-state index is 13.1. The zero-order valence-electron chi connectivity index (χ0n) is 19.8. The van der Waals surface area contributed by atoms with Crippen molar-refractivity contribution in [1.82, 2.24) is 19.6 Å². The molecule has 3 aromatic rings. The van der Waals surface area contributed by atoms with E-state index in [9.17, 15) is 14.0 Å². The molecule has 0 bridgehead atoms. The van der Waals surface area contributed by atoms with Crippen molar-refractivity contribution in [1.29, 1.82) is 0 Å². The van der Waals surface area contributed by atoms with Gasteiger partial charge in [0.15, 0.2) is 0 Å². The molecular formula is C26H30FN5O2. The van der Waals surface area contributed by atoms with Gasteiger partial charge in [0, 0.05) is 26.2 Å². The molecule has 0 aliphatic carbocycles. The van der Waals surface area contributed by atoms with Gasteiger partial charge in [-0.2, -0.15) is 5.10 Å². The van der Waals surface area contributed by atoms with Crippen molar-refractivity contribution in [2.24, 2.45) is 0 Å². The monoisotopic (exact) mass is 463 g/mol. The first-order chi connectivity index (χ1) is 16.3. The normalized spacial score (nSPS) is 14.3. The van der Waals surface area contributed by atoms with Gasteiger partial charge in [-0.1, -0.05) is 29.8 Å². The van der Waals surface area contributed by atoms with Gasteiger partial charge in [-0.05, 0) is 50.6 Å². The summed E-state index contributed by atoms with van der Waals surface area (Å²) in [5.74, 6) is -0.387. The first-order valence-corrected chi connectivity index (χ1v) is 11.5. The molecule has 178 valence electrons. The minimum atomic E-state index is -0.309. The molecule has 1 aliphatic heterocycles. The Kier molecular flexibility index (Phi) is 7.07. The molecule has 1 aliphatic rings. The molecule has 0 atom stereocenters. The van der Waals surface area contributed by atoms with Crippen molar-refractivity contribution >= 4 is 17.5 Å². The summed E-state index contributed by atoms with van der Waals surface area (Å²) in [6.45, 7) is 8.52. The highest BCUT2D eigenvalue weighted by Crippen LogP contribution is 2.23. The molecule has 8 heteroatoms. The van der Waals surface area contributed by atoms with Crippen LogP contribution in [0, 0.1) is 26.6 Å². The van der Waals surface area contributed by atoms with Crippen LogP contribution in [-0.4, -0.2) is 64.1 Å². The van der Waals surface area contributed by atoms with Crippen molar-refractivity contribution in [3.63, 3.8) is 0 Å². The van der Waals surface area contributed by atoms with E-state index in [1.807, 2.05) is 54.6 Å². The molecule has 0 unspecified atom stereocenters. The minimum absolute atomic E-state index is 0.0190. The molecule has 1 fully saturated rings. The second kappa shape index (κ2) is 10.2. The fraction of sp³-hybridized carbons (Fsp3) is 0.346. The highest BCUT2D eigenvalue weighted by Gasteiger charge is 2.23. The van der Waals surface area contributed by atoms with Gasteiger partial charge >= 0.3 is 0 Å². The van der Waals surface area contributed by atoms with E-state index in [0.717, 1.165) is 28.3 Å². The van der Waals surface area contributed by atoms with Crippen LogP contribution in [0.2, 0.25) is 0 Å². The molecule has 4 rings (SSSR count). The zero-order chi connectivity index (χ0) is 24.2. The quantitative estimate of drug-likeness (QED) is 0.609. The van der Waals surface area contributed by atoms with Crippen LogP contribution in [0.1, 0.15) is 22.5 Å². The highest BCUT2D eigenvalue weighted by molar-refractivity contribution is 5.93. The third-order valence-corrected chi connectivity index (χ3v) is 6.20. The Bertz CT molecular complexity index is 1160. The Balaban J connectivity index is 1.29. The molecule has 0 saturated carbocycles. The van der Waals surface area contributed by atoms with Gasteiger partial charge < -0.3 is 10.2 Å². The van der Waals surface area contributed by atoms with Gasteiger partial charge in [-0.3, -0.25) is 14.5 Å². The van der Waals surface area contributed by atoms with Gasteiger partial charge in [0.05, 0.1) is 35.7 Å². The number of nitrogens with one attached hydrogen (secondary N) is 1.